The normalized spacial score (nSPS) is 12.1. The van der Waals surface area contributed by atoms with Gasteiger partial charge in [0.05, 0.1) is 17.6 Å². The smallest absolute Gasteiger partial charge is 0.272 e. The van der Waals surface area contributed by atoms with Crippen molar-refractivity contribution in [2.45, 2.75) is 32.9 Å². The molecule has 0 aliphatic rings. The zero-order valence-corrected chi connectivity index (χ0v) is 13.5. The minimum Gasteiger partial charge on any atom is -0.394 e. The Morgan fingerprint density at radius 2 is 1.83 bits per heavy atom. The predicted molar refractivity (Wildman–Crippen MR) is 90.3 cm³/mol. The molecule has 0 spiro atoms. The van der Waals surface area contributed by atoms with Gasteiger partial charge in [-0.2, -0.15) is 0 Å². The summed E-state index contributed by atoms with van der Waals surface area (Å²) < 4.78 is 0. The third-order valence-corrected chi connectivity index (χ3v) is 4.00. The van der Waals surface area contributed by atoms with E-state index in [0.717, 1.165) is 17.5 Å². The minimum absolute atomic E-state index is 0.0283. The maximum absolute atomic E-state index is 11.0. The van der Waals surface area contributed by atoms with E-state index in [-0.39, 0.29) is 23.3 Å². The van der Waals surface area contributed by atoms with Crippen LogP contribution < -0.4 is 5.32 Å². The summed E-state index contributed by atoms with van der Waals surface area (Å²) in [4.78, 5) is 10.6. The first kappa shape index (κ1) is 17.1. The number of aryl methyl sites for hydroxylation is 2. The Morgan fingerprint density at radius 3 is 2.39 bits per heavy atom. The second-order valence-electron chi connectivity index (χ2n) is 5.59. The zero-order valence-electron chi connectivity index (χ0n) is 13.5. The fourth-order valence-electron chi connectivity index (χ4n) is 2.48. The van der Waals surface area contributed by atoms with Crippen LogP contribution in [0.4, 0.5) is 5.69 Å². The first-order valence-electron chi connectivity index (χ1n) is 7.72. The van der Waals surface area contributed by atoms with Gasteiger partial charge in [0.25, 0.3) is 5.69 Å². The molecule has 0 saturated carbocycles. The van der Waals surface area contributed by atoms with E-state index in [1.54, 1.807) is 19.1 Å². The molecule has 1 unspecified atom stereocenters. The quantitative estimate of drug-likeness (QED) is 0.607. The summed E-state index contributed by atoms with van der Waals surface area (Å²) in [6.45, 7) is 4.25. The number of rotatable bonds is 7. The number of nitro benzene ring substituents is 1. The lowest BCUT2D eigenvalue weighted by Crippen LogP contribution is -2.24. The summed E-state index contributed by atoms with van der Waals surface area (Å²) in [5.41, 5.74) is 3.85. The van der Waals surface area contributed by atoms with Crippen molar-refractivity contribution < 1.29 is 10.0 Å². The Labute approximate surface area is 136 Å². The lowest BCUT2D eigenvalue weighted by molar-refractivity contribution is -0.385. The molecule has 0 radical (unpaired) electrons. The number of nitro groups is 1. The van der Waals surface area contributed by atoms with Crippen LogP contribution in [-0.2, 0) is 13.0 Å². The molecule has 122 valence electrons. The first-order valence-corrected chi connectivity index (χ1v) is 7.72. The van der Waals surface area contributed by atoms with Crippen molar-refractivity contribution in [3.05, 3.63) is 74.8 Å². The molecular weight excluding hydrogens is 292 g/mol. The van der Waals surface area contributed by atoms with Crippen LogP contribution in [-0.4, -0.2) is 16.6 Å². The van der Waals surface area contributed by atoms with Gasteiger partial charge in [-0.15, -0.1) is 0 Å². The lowest BCUT2D eigenvalue weighted by atomic mass is 10.0. The molecular formula is C18H22N2O3. The highest BCUT2D eigenvalue weighted by molar-refractivity contribution is 5.42. The van der Waals surface area contributed by atoms with E-state index in [2.05, 4.69) is 24.4 Å². The van der Waals surface area contributed by atoms with Crippen LogP contribution in [0.25, 0.3) is 0 Å². The summed E-state index contributed by atoms with van der Waals surface area (Å²) in [5, 5.41) is 23.8. The fraction of sp³-hybridized carbons (Fsp3) is 0.333. The maximum atomic E-state index is 11.0. The van der Waals surface area contributed by atoms with E-state index in [9.17, 15) is 15.2 Å². The Kier molecular flexibility index (Phi) is 5.84. The van der Waals surface area contributed by atoms with Gasteiger partial charge in [0, 0.05) is 18.2 Å². The molecule has 0 bridgehead atoms. The molecule has 23 heavy (non-hydrogen) atoms. The van der Waals surface area contributed by atoms with E-state index in [0.29, 0.717) is 12.1 Å². The third-order valence-electron chi connectivity index (χ3n) is 4.00. The maximum Gasteiger partial charge on any atom is 0.272 e. The van der Waals surface area contributed by atoms with Crippen molar-refractivity contribution in [2.24, 2.45) is 0 Å². The highest BCUT2D eigenvalue weighted by Gasteiger charge is 2.13. The van der Waals surface area contributed by atoms with Gasteiger partial charge in [-0.25, -0.2) is 0 Å². The zero-order chi connectivity index (χ0) is 16.8. The molecule has 2 aromatic carbocycles. The van der Waals surface area contributed by atoms with Crippen molar-refractivity contribution in [3.63, 3.8) is 0 Å². The third kappa shape index (κ3) is 4.37. The van der Waals surface area contributed by atoms with Gasteiger partial charge >= 0.3 is 0 Å². The van der Waals surface area contributed by atoms with Crippen molar-refractivity contribution in [3.8, 4) is 0 Å². The first-order chi connectivity index (χ1) is 11.0. The van der Waals surface area contributed by atoms with Gasteiger partial charge in [-0.05, 0) is 30.0 Å². The van der Waals surface area contributed by atoms with Crippen LogP contribution >= 0.6 is 0 Å². The number of aliphatic hydroxyl groups is 1. The Balaban J connectivity index is 2.08. The largest absolute Gasteiger partial charge is 0.394 e. The molecule has 2 N–H and O–H groups in total. The van der Waals surface area contributed by atoms with Gasteiger partial charge in [0.15, 0.2) is 0 Å². The second-order valence-corrected chi connectivity index (χ2v) is 5.59. The molecule has 0 aromatic heterocycles. The lowest BCUT2D eigenvalue weighted by Gasteiger charge is -2.17. The predicted octanol–water partition coefficient (Wildman–Crippen LogP) is 3.29. The van der Waals surface area contributed by atoms with E-state index >= 15 is 0 Å². The number of nitrogens with one attached hydrogen (secondary N) is 1. The highest BCUT2D eigenvalue weighted by Crippen LogP contribution is 2.20. The number of aliphatic hydroxyl groups excluding tert-OH is 1. The summed E-state index contributed by atoms with van der Waals surface area (Å²) in [6, 6.07) is 13.1. The summed E-state index contributed by atoms with van der Waals surface area (Å²) in [5.74, 6) is 0. The average molecular weight is 314 g/mol. The van der Waals surface area contributed by atoms with Gasteiger partial charge in [-0.1, -0.05) is 43.3 Å². The summed E-state index contributed by atoms with van der Waals surface area (Å²) in [7, 11) is 0. The van der Waals surface area contributed by atoms with Crippen LogP contribution in [0.15, 0.2) is 42.5 Å². The Bertz CT molecular complexity index is 668. The minimum atomic E-state index is -0.369. The van der Waals surface area contributed by atoms with Crippen LogP contribution in [0, 0.1) is 17.0 Å². The van der Waals surface area contributed by atoms with E-state index in [1.807, 2.05) is 18.2 Å². The molecule has 2 aromatic rings. The molecule has 5 heteroatoms. The fourth-order valence-corrected chi connectivity index (χ4v) is 2.48. The SMILES string of the molecule is CCc1ccc(C(CO)NCc2ccc(C)c([N+](=O)[O-])c2)cc1. The van der Waals surface area contributed by atoms with Crippen molar-refractivity contribution >= 4 is 5.69 Å². The van der Waals surface area contributed by atoms with Crippen LogP contribution in [0.2, 0.25) is 0 Å². The molecule has 0 aliphatic carbocycles. The molecule has 0 amide bonds. The van der Waals surface area contributed by atoms with Gasteiger partial charge in [-0.3, -0.25) is 10.1 Å². The van der Waals surface area contributed by atoms with Crippen molar-refractivity contribution in [2.75, 3.05) is 6.61 Å². The molecule has 0 aliphatic heterocycles. The van der Waals surface area contributed by atoms with Crippen LogP contribution in [0.1, 0.15) is 35.2 Å². The molecule has 1 atom stereocenters. The number of hydrogen-bond donors (Lipinski definition) is 2. The number of benzene rings is 2. The summed E-state index contributed by atoms with van der Waals surface area (Å²) >= 11 is 0. The van der Waals surface area contributed by atoms with Crippen molar-refractivity contribution in [1.29, 1.82) is 0 Å². The number of nitrogens with zero attached hydrogens (tertiary/aromatic N) is 1. The van der Waals surface area contributed by atoms with Crippen molar-refractivity contribution in [1.82, 2.24) is 5.32 Å². The molecule has 2 rings (SSSR count). The van der Waals surface area contributed by atoms with E-state index in [4.69, 9.17) is 0 Å². The number of hydrogen-bond acceptors (Lipinski definition) is 4. The highest BCUT2D eigenvalue weighted by atomic mass is 16.6. The van der Waals surface area contributed by atoms with E-state index < -0.39 is 0 Å². The van der Waals surface area contributed by atoms with Gasteiger partial charge < -0.3 is 10.4 Å². The molecule has 0 saturated heterocycles. The molecule has 0 heterocycles. The standard InChI is InChI=1S/C18H22N2O3/c1-3-14-6-8-16(9-7-14)17(12-21)19-11-15-5-4-13(2)18(10-15)20(22)23/h4-10,17,19,21H,3,11-12H2,1-2H3. The molecule has 5 nitrogen and oxygen atoms in total. The van der Waals surface area contributed by atoms with Crippen LogP contribution in [0.5, 0.6) is 0 Å². The van der Waals surface area contributed by atoms with E-state index in [1.165, 1.54) is 5.56 Å². The Hall–Kier alpha value is -2.24. The Morgan fingerprint density at radius 1 is 1.17 bits per heavy atom. The monoisotopic (exact) mass is 314 g/mol. The van der Waals surface area contributed by atoms with Gasteiger partial charge in [0.2, 0.25) is 0 Å². The average Bonchev–Trinajstić information content (AvgIpc) is 2.57. The van der Waals surface area contributed by atoms with Crippen LogP contribution in [0.3, 0.4) is 0 Å². The summed E-state index contributed by atoms with van der Waals surface area (Å²) in [6.07, 6.45) is 0.977. The second kappa shape index (κ2) is 7.85. The topological polar surface area (TPSA) is 75.4 Å². The molecule has 0 fully saturated rings. The van der Waals surface area contributed by atoms with Gasteiger partial charge in [0.1, 0.15) is 0 Å².